The number of amides is 2. The normalized spacial score (nSPS) is 23.0. The topological polar surface area (TPSA) is 92.3 Å². The average molecular weight is 324 g/mol. The Morgan fingerprint density at radius 1 is 1.23 bits per heavy atom. The quantitative estimate of drug-likeness (QED) is 0.860. The van der Waals surface area contributed by atoms with E-state index in [1.54, 1.807) is 31.2 Å². The zero-order chi connectivity index (χ0) is 16.4. The van der Waals surface area contributed by atoms with Crippen molar-refractivity contribution >= 4 is 27.3 Å². The van der Waals surface area contributed by atoms with Crippen LogP contribution >= 0.6 is 0 Å². The summed E-state index contributed by atoms with van der Waals surface area (Å²) in [7, 11) is -3.04. The van der Waals surface area contributed by atoms with Gasteiger partial charge in [0.05, 0.1) is 23.5 Å². The maximum absolute atomic E-state index is 12.1. The Labute approximate surface area is 130 Å². The third-order valence-electron chi connectivity index (χ3n) is 3.58. The van der Waals surface area contributed by atoms with Gasteiger partial charge in [-0.3, -0.25) is 9.59 Å². The number of nitrogens with one attached hydrogen (secondary N) is 2. The van der Waals surface area contributed by atoms with Gasteiger partial charge in [0, 0.05) is 12.6 Å². The van der Waals surface area contributed by atoms with Gasteiger partial charge in [0.2, 0.25) is 11.8 Å². The summed E-state index contributed by atoms with van der Waals surface area (Å²) in [5, 5.41) is 5.47. The van der Waals surface area contributed by atoms with E-state index in [-0.39, 0.29) is 29.7 Å². The summed E-state index contributed by atoms with van der Waals surface area (Å²) in [6, 6.07) is 6.98. The Bertz CT molecular complexity index is 682. The number of carbonyl (C=O) groups excluding carboxylic acids is 2. The smallest absolute Gasteiger partial charge is 0.224 e. The third-order valence-corrected chi connectivity index (χ3v) is 5.49. The molecule has 1 atom stereocenters. The van der Waals surface area contributed by atoms with Crippen molar-refractivity contribution in [3.05, 3.63) is 29.8 Å². The molecule has 0 radical (unpaired) electrons. The Hall–Kier alpha value is -1.89. The first kappa shape index (κ1) is 16.5. The highest BCUT2D eigenvalue weighted by Crippen LogP contribution is 2.23. The van der Waals surface area contributed by atoms with E-state index in [0.29, 0.717) is 12.1 Å². The molecule has 6 nitrogen and oxygen atoms in total. The lowest BCUT2D eigenvalue weighted by atomic mass is 10.0. The molecule has 1 aromatic rings. The zero-order valence-electron chi connectivity index (χ0n) is 12.7. The molecular weight excluding hydrogens is 304 g/mol. The summed E-state index contributed by atoms with van der Waals surface area (Å²) in [5.74, 6) is -0.240. The first-order valence-electron chi connectivity index (χ1n) is 7.05. The van der Waals surface area contributed by atoms with Crippen LogP contribution in [0.25, 0.3) is 0 Å². The van der Waals surface area contributed by atoms with Gasteiger partial charge in [-0.05, 0) is 31.0 Å². The SMILES string of the molecule is CC(=O)Nc1ccc(CC(=O)NC2(C)CCS(=O)(=O)C2)cc1. The Morgan fingerprint density at radius 2 is 1.86 bits per heavy atom. The molecule has 7 heteroatoms. The lowest BCUT2D eigenvalue weighted by molar-refractivity contribution is -0.122. The molecule has 2 N–H and O–H groups in total. The first-order valence-corrected chi connectivity index (χ1v) is 8.88. The molecule has 2 rings (SSSR count). The molecule has 1 aromatic carbocycles. The van der Waals surface area contributed by atoms with Gasteiger partial charge in [0.15, 0.2) is 9.84 Å². The van der Waals surface area contributed by atoms with Crippen LogP contribution in [0, 0.1) is 0 Å². The van der Waals surface area contributed by atoms with Gasteiger partial charge in [0.1, 0.15) is 0 Å². The average Bonchev–Trinajstić information content (AvgIpc) is 2.64. The van der Waals surface area contributed by atoms with Crippen molar-refractivity contribution in [3.8, 4) is 0 Å². The van der Waals surface area contributed by atoms with Crippen LogP contribution in [0.5, 0.6) is 0 Å². The minimum atomic E-state index is -3.04. The Balaban J connectivity index is 1.93. The molecule has 1 fully saturated rings. The van der Waals surface area contributed by atoms with E-state index < -0.39 is 15.4 Å². The van der Waals surface area contributed by atoms with Gasteiger partial charge in [-0.1, -0.05) is 12.1 Å². The van der Waals surface area contributed by atoms with Gasteiger partial charge in [-0.2, -0.15) is 0 Å². The summed E-state index contributed by atoms with van der Waals surface area (Å²) in [5.41, 5.74) is 0.799. The van der Waals surface area contributed by atoms with Gasteiger partial charge in [-0.15, -0.1) is 0 Å². The lowest BCUT2D eigenvalue weighted by Gasteiger charge is -2.23. The van der Waals surface area contributed by atoms with Gasteiger partial charge in [0.25, 0.3) is 0 Å². The van der Waals surface area contributed by atoms with E-state index in [0.717, 1.165) is 5.56 Å². The van der Waals surface area contributed by atoms with Crippen molar-refractivity contribution in [2.75, 3.05) is 16.8 Å². The number of benzene rings is 1. The molecule has 0 bridgehead atoms. The maximum atomic E-state index is 12.1. The summed E-state index contributed by atoms with van der Waals surface area (Å²) >= 11 is 0. The molecule has 1 aliphatic rings. The van der Waals surface area contributed by atoms with E-state index in [1.165, 1.54) is 6.92 Å². The first-order chi connectivity index (χ1) is 10.2. The van der Waals surface area contributed by atoms with E-state index in [1.807, 2.05) is 0 Å². The molecule has 1 unspecified atom stereocenters. The van der Waals surface area contributed by atoms with Crippen molar-refractivity contribution in [3.63, 3.8) is 0 Å². The van der Waals surface area contributed by atoms with Crippen LogP contribution in [0.15, 0.2) is 24.3 Å². The predicted molar refractivity (Wildman–Crippen MR) is 84.3 cm³/mol. The molecule has 1 saturated heterocycles. The molecule has 1 heterocycles. The van der Waals surface area contributed by atoms with Gasteiger partial charge in [-0.25, -0.2) is 8.42 Å². The number of hydrogen-bond acceptors (Lipinski definition) is 4. The molecule has 0 saturated carbocycles. The lowest BCUT2D eigenvalue weighted by Crippen LogP contribution is -2.47. The van der Waals surface area contributed by atoms with Crippen LogP contribution in [0.4, 0.5) is 5.69 Å². The largest absolute Gasteiger partial charge is 0.350 e. The standard InChI is InChI=1S/C15H20N2O4S/c1-11(18)16-13-5-3-12(4-6-13)9-14(19)17-15(2)7-8-22(20,21)10-15/h3-6H,7-10H2,1-2H3,(H,16,18)(H,17,19). The van der Waals surface area contributed by atoms with Crippen molar-refractivity contribution < 1.29 is 18.0 Å². The molecule has 2 amide bonds. The van der Waals surface area contributed by atoms with Crippen molar-refractivity contribution in [2.24, 2.45) is 0 Å². The van der Waals surface area contributed by atoms with E-state index >= 15 is 0 Å². The van der Waals surface area contributed by atoms with Crippen LogP contribution in [0.2, 0.25) is 0 Å². The number of sulfone groups is 1. The fourth-order valence-electron chi connectivity index (χ4n) is 2.58. The molecule has 120 valence electrons. The highest BCUT2D eigenvalue weighted by Gasteiger charge is 2.39. The van der Waals surface area contributed by atoms with Crippen molar-refractivity contribution in [1.29, 1.82) is 0 Å². The van der Waals surface area contributed by atoms with Crippen molar-refractivity contribution in [1.82, 2.24) is 5.32 Å². The number of hydrogen-bond donors (Lipinski definition) is 2. The molecular formula is C15H20N2O4S. The highest BCUT2D eigenvalue weighted by atomic mass is 32.2. The summed E-state index contributed by atoms with van der Waals surface area (Å²) in [6.07, 6.45) is 0.624. The number of rotatable bonds is 4. The minimum Gasteiger partial charge on any atom is -0.350 e. The Morgan fingerprint density at radius 3 is 2.36 bits per heavy atom. The van der Waals surface area contributed by atoms with Crippen LogP contribution in [0.3, 0.4) is 0 Å². The minimum absolute atomic E-state index is 0.00674. The second-order valence-electron chi connectivity index (χ2n) is 6.01. The summed E-state index contributed by atoms with van der Waals surface area (Å²) in [4.78, 5) is 23.0. The Kier molecular flexibility index (Phi) is 4.55. The zero-order valence-corrected chi connectivity index (χ0v) is 13.5. The summed E-state index contributed by atoms with van der Waals surface area (Å²) in [6.45, 7) is 3.19. The fourth-order valence-corrected chi connectivity index (χ4v) is 4.68. The second kappa shape index (κ2) is 6.08. The predicted octanol–water partition coefficient (Wildman–Crippen LogP) is 0.881. The van der Waals surface area contributed by atoms with E-state index in [4.69, 9.17) is 0 Å². The van der Waals surface area contributed by atoms with Gasteiger partial charge >= 0.3 is 0 Å². The molecule has 0 aromatic heterocycles. The maximum Gasteiger partial charge on any atom is 0.224 e. The molecule has 22 heavy (non-hydrogen) atoms. The van der Waals surface area contributed by atoms with Crippen molar-refractivity contribution in [2.45, 2.75) is 32.2 Å². The fraction of sp³-hybridized carbons (Fsp3) is 0.467. The molecule has 0 aliphatic carbocycles. The molecule has 1 aliphatic heterocycles. The monoisotopic (exact) mass is 324 g/mol. The highest BCUT2D eigenvalue weighted by molar-refractivity contribution is 7.91. The summed E-state index contributed by atoms with van der Waals surface area (Å²) < 4.78 is 23.1. The molecule has 0 spiro atoms. The van der Waals surface area contributed by atoms with Crippen LogP contribution in [0.1, 0.15) is 25.8 Å². The van der Waals surface area contributed by atoms with Crippen LogP contribution in [-0.4, -0.2) is 37.3 Å². The number of anilines is 1. The van der Waals surface area contributed by atoms with E-state index in [2.05, 4.69) is 10.6 Å². The number of carbonyl (C=O) groups is 2. The third kappa shape index (κ3) is 4.56. The second-order valence-corrected chi connectivity index (χ2v) is 8.19. The van der Waals surface area contributed by atoms with E-state index in [9.17, 15) is 18.0 Å². The van der Waals surface area contributed by atoms with Crippen LogP contribution in [-0.2, 0) is 25.8 Å². The van der Waals surface area contributed by atoms with Gasteiger partial charge < -0.3 is 10.6 Å². The van der Waals surface area contributed by atoms with Crippen LogP contribution < -0.4 is 10.6 Å².